The van der Waals surface area contributed by atoms with Gasteiger partial charge in [0, 0.05) is 12.7 Å². The van der Waals surface area contributed by atoms with Crippen molar-refractivity contribution in [3.8, 4) is 11.8 Å². The molecule has 0 aliphatic carbocycles. The molecule has 1 amide bonds. The molecule has 3 aromatic rings. The van der Waals surface area contributed by atoms with Crippen molar-refractivity contribution in [2.45, 2.75) is 26.0 Å². The number of hydrogen-bond acceptors (Lipinski definition) is 8. The third-order valence-electron chi connectivity index (χ3n) is 3.77. The van der Waals surface area contributed by atoms with Gasteiger partial charge in [0.1, 0.15) is 23.1 Å². The number of nitrogens with one attached hydrogen (secondary N) is 2. The summed E-state index contributed by atoms with van der Waals surface area (Å²) in [4.78, 5) is 16.4. The van der Waals surface area contributed by atoms with E-state index in [1.165, 1.54) is 17.5 Å². The number of amides is 1. The van der Waals surface area contributed by atoms with E-state index in [1.54, 1.807) is 17.6 Å². The van der Waals surface area contributed by atoms with Gasteiger partial charge in [0.15, 0.2) is 6.10 Å². The van der Waals surface area contributed by atoms with Gasteiger partial charge in [-0.2, -0.15) is 5.26 Å². The minimum absolute atomic E-state index is 0.288. The van der Waals surface area contributed by atoms with Gasteiger partial charge in [0.25, 0.3) is 5.91 Å². The fourth-order valence-electron chi connectivity index (χ4n) is 2.32. The van der Waals surface area contributed by atoms with Crippen molar-refractivity contribution in [1.82, 2.24) is 15.2 Å². The van der Waals surface area contributed by atoms with Gasteiger partial charge in [0.05, 0.1) is 5.56 Å². The van der Waals surface area contributed by atoms with E-state index in [2.05, 4.69) is 31.9 Å². The molecule has 0 saturated heterocycles. The zero-order chi connectivity index (χ0) is 19.8. The monoisotopic (exact) mass is 394 g/mol. The van der Waals surface area contributed by atoms with Gasteiger partial charge < -0.3 is 10.1 Å². The van der Waals surface area contributed by atoms with Crippen molar-refractivity contribution in [2.75, 3.05) is 10.6 Å². The molecule has 2 aromatic heterocycles. The van der Waals surface area contributed by atoms with Crippen LogP contribution in [0.25, 0.3) is 0 Å². The van der Waals surface area contributed by atoms with Crippen molar-refractivity contribution in [1.29, 1.82) is 5.26 Å². The van der Waals surface area contributed by atoms with Gasteiger partial charge in [-0.05, 0) is 36.2 Å². The van der Waals surface area contributed by atoms with Gasteiger partial charge in [-0.15, -0.1) is 10.2 Å². The predicted octanol–water partition coefficient (Wildman–Crippen LogP) is 3.48. The van der Waals surface area contributed by atoms with Crippen LogP contribution < -0.4 is 15.4 Å². The van der Waals surface area contributed by atoms with Gasteiger partial charge in [-0.1, -0.05) is 30.4 Å². The fraction of sp³-hybridized carbons (Fsp3) is 0.211. The minimum atomic E-state index is -0.455. The zero-order valence-corrected chi connectivity index (χ0v) is 15.9. The molecule has 0 spiro atoms. The minimum Gasteiger partial charge on any atom is -0.476 e. The molecule has 0 aliphatic rings. The van der Waals surface area contributed by atoms with E-state index in [0.717, 1.165) is 5.56 Å². The molecular formula is C19H18N6O2S. The first-order chi connectivity index (χ1) is 13.7. The number of anilines is 2. The molecule has 1 atom stereocenters. The van der Waals surface area contributed by atoms with Gasteiger partial charge in [0.2, 0.25) is 5.13 Å². The number of aromatic nitrogens is 3. The highest BCUT2D eigenvalue weighted by molar-refractivity contribution is 7.13. The second-order valence-corrected chi connectivity index (χ2v) is 6.61. The summed E-state index contributed by atoms with van der Waals surface area (Å²) >= 11 is 1.25. The lowest BCUT2D eigenvalue weighted by Crippen LogP contribution is -2.13. The molecule has 2 N–H and O–H groups in total. The molecule has 1 unspecified atom stereocenters. The molecule has 0 radical (unpaired) electrons. The maximum absolute atomic E-state index is 12.1. The number of nitriles is 1. The first-order valence-corrected chi connectivity index (χ1v) is 9.48. The van der Waals surface area contributed by atoms with Crippen LogP contribution in [-0.4, -0.2) is 27.2 Å². The molecule has 8 nitrogen and oxygen atoms in total. The summed E-state index contributed by atoms with van der Waals surface area (Å²) in [6, 6.07) is 13.1. The quantitative estimate of drug-likeness (QED) is 0.601. The Labute approximate surface area is 166 Å². The Balaban J connectivity index is 1.56. The molecule has 0 aliphatic heterocycles. The zero-order valence-electron chi connectivity index (χ0n) is 15.1. The van der Waals surface area contributed by atoms with Crippen molar-refractivity contribution in [2.24, 2.45) is 0 Å². The van der Waals surface area contributed by atoms with Crippen LogP contribution in [0.1, 0.15) is 29.3 Å². The third kappa shape index (κ3) is 5.25. The van der Waals surface area contributed by atoms with Crippen LogP contribution in [0, 0.1) is 11.3 Å². The lowest BCUT2D eigenvalue weighted by atomic mass is 10.2. The number of rotatable bonds is 8. The highest BCUT2D eigenvalue weighted by atomic mass is 32.1. The third-order valence-corrected chi connectivity index (χ3v) is 4.38. The molecular weight excluding hydrogens is 376 g/mol. The Kier molecular flexibility index (Phi) is 6.49. The van der Waals surface area contributed by atoms with Gasteiger partial charge in [-0.3, -0.25) is 10.1 Å². The number of benzene rings is 1. The number of pyridine rings is 1. The van der Waals surface area contributed by atoms with Crippen LogP contribution in [0.3, 0.4) is 0 Å². The summed E-state index contributed by atoms with van der Waals surface area (Å²) in [5.41, 5.74) is 2.97. The van der Waals surface area contributed by atoms with Crippen molar-refractivity contribution < 1.29 is 9.53 Å². The summed E-state index contributed by atoms with van der Waals surface area (Å²) in [6.07, 6.45) is 1.67. The van der Waals surface area contributed by atoms with Crippen LogP contribution in [0.2, 0.25) is 0 Å². The Morgan fingerprint density at radius 3 is 2.93 bits per heavy atom. The largest absolute Gasteiger partial charge is 0.476 e. The van der Waals surface area contributed by atoms with E-state index in [0.29, 0.717) is 35.2 Å². The summed E-state index contributed by atoms with van der Waals surface area (Å²) in [5.74, 6) is 1.01. The SMILES string of the molecule is CCC(C#N)Oc1cccc(CNc2ccc(C(=O)Nc3nncs3)cn2)c1. The second kappa shape index (κ2) is 9.43. The molecule has 9 heteroatoms. The maximum atomic E-state index is 12.1. The average molecular weight is 394 g/mol. The number of carbonyl (C=O) groups excluding carboxylic acids is 1. The van der Waals surface area contributed by atoms with Crippen LogP contribution in [0.4, 0.5) is 10.9 Å². The first kappa shape index (κ1) is 19.3. The van der Waals surface area contributed by atoms with Crippen LogP contribution in [-0.2, 0) is 6.54 Å². The van der Waals surface area contributed by atoms with E-state index >= 15 is 0 Å². The molecule has 1 aromatic carbocycles. The fourth-order valence-corrected chi connectivity index (χ4v) is 2.76. The van der Waals surface area contributed by atoms with E-state index in [-0.39, 0.29) is 5.91 Å². The van der Waals surface area contributed by atoms with E-state index < -0.39 is 6.10 Å². The van der Waals surface area contributed by atoms with E-state index in [1.807, 2.05) is 31.2 Å². The van der Waals surface area contributed by atoms with Crippen molar-refractivity contribution in [3.05, 3.63) is 59.2 Å². The summed E-state index contributed by atoms with van der Waals surface area (Å²) < 4.78 is 5.63. The van der Waals surface area contributed by atoms with Crippen molar-refractivity contribution >= 4 is 28.2 Å². The topological polar surface area (TPSA) is 113 Å². The molecule has 0 fully saturated rings. The number of ether oxygens (including phenoxy) is 1. The lowest BCUT2D eigenvalue weighted by molar-refractivity contribution is 0.102. The maximum Gasteiger partial charge on any atom is 0.259 e. The highest BCUT2D eigenvalue weighted by Crippen LogP contribution is 2.17. The van der Waals surface area contributed by atoms with Crippen LogP contribution in [0.15, 0.2) is 48.1 Å². The Bertz CT molecular complexity index is 953. The molecule has 2 heterocycles. The molecule has 0 bridgehead atoms. The van der Waals surface area contributed by atoms with Crippen LogP contribution >= 0.6 is 11.3 Å². The summed E-state index contributed by atoms with van der Waals surface area (Å²) in [5, 5.41) is 22.8. The standard InChI is InChI=1S/C19H18N6O2S/c1-2-15(9-20)27-16-5-3-4-13(8-16)10-21-17-7-6-14(11-22-17)18(26)24-19-25-23-12-28-19/h3-8,11-12,15H,2,10H2,1H3,(H,21,22)(H,24,25,26). The number of nitrogens with zero attached hydrogens (tertiary/aromatic N) is 4. The van der Waals surface area contributed by atoms with E-state index in [4.69, 9.17) is 10.00 Å². The van der Waals surface area contributed by atoms with E-state index in [9.17, 15) is 4.79 Å². The van der Waals surface area contributed by atoms with Gasteiger partial charge in [-0.25, -0.2) is 4.98 Å². The second-order valence-electron chi connectivity index (χ2n) is 5.77. The highest BCUT2D eigenvalue weighted by Gasteiger charge is 2.09. The average Bonchev–Trinajstić information content (AvgIpc) is 3.24. The lowest BCUT2D eigenvalue weighted by Gasteiger charge is -2.12. The first-order valence-electron chi connectivity index (χ1n) is 8.60. The Morgan fingerprint density at radius 2 is 2.25 bits per heavy atom. The van der Waals surface area contributed by atoms with Crippen molar-refractivity contribution in [3.63, 3.8) is 0 Å². The number of carbonyl (C=O) groups is 1. The predicted molar refractivity (Wildman–Crippen MR) is 106 cm³/mol. The normalized spacial score (nSPS) is 11.3. The summed E-state index contributed by atoms with van der Waals surface area (Å²) in [6.45, 7) is 2.44. The smallest absolute Gasteiger partial charge is 0.259 e. The molecule has 142 valence electrons. The number of hydrogen-bond donors (Lipinski definition) is 2. The Hall–Kier alpha value is -3.51. The molecule has 0 saturated carbocycles. The van der Waals surface area contributed by atoms with Gasteiger partial charge >= 0.3 is 0 Å². The molecule has 28 heavy (non-hydrogen) atoms. The molecule has 3 rings (SSSR count). The van der Waals surface area contributed by atoms with Crippen LogP contribution in [0.5, 0.6) is 5.75 Å². The summed E-state index contributed by atoms with van der Waals surface area (Å²) in [7, 11) is 0. The Morgan fingerprint density at radius 1 is 1.36 bits per heavy atom.